The average Bonchev–Trinajstić information content (AvgIpc) is 3.18. The van der Waals surface area contributed by atoms with Gasteiger partial charge in [0.05, 0.1) is 18.1 Å². The Hall–Kier alpha value is -4.58. The summed E-state index contributed by atoms with van der Waals surface area (Å²) in [5.74, 6) is 2.53. The van der Waals surface area contributed by atoms with E-state index in [1.165, 1.54) is 0 Å². The third-order valence-corrected chi connectivity index (χ3v) is 6.24. The Bertz CT molecular complexity index is 1750. The van der Waals surface area contributed by atoms with Crippen molar-refractivity contribution in [3.8, 4) is 29.1 Å². The maximum atomic E-state index is 10.3. The van der Waals surface area contributed by atoms with Gasteiger partial charge in [-0.25, -0.2) is 4.98 Å². The van der Waals surface area contributed by atoms with E-state index in [1.54, 1.807) is 13.2 Å². The van der Waals surface area contributed by atoms with Gasteiger partial charge in [-0.3, -0.25) is 4.57 Å². The van der Waals surface area contributed by atoms with E-state index in [1.807, 2.05) is 68.4 Å². The molecule has 0 aliphatic heterocycles. The maximum Gasteiger partial charge on any atom is 0.220 e. The van der Waals surface area contributed by atoms with Crippen LogP contribution in [0.4, 0.5) is 0 Å². The lowest BCUT2D eigenvalue weighted by Crippen LogP contribution is -2.00. The van der Waals surface area contributed by atoms with Gasteiger partial charge in [0.2, 0.25) is 11.8 Å². The number of ether oxygens (including phenoxy) is 2. The normalized spacial score (nSPS) is 11.4. The molecule has 172 valence electrons. The molecule has 6 rings (SSSR count). The van der Waals surface area contributed by atoms with Crippen molar-refractivity contribution in [3.63, 3.8) is 0 Å². The molecular formula is C29H23N3O3. The minimum atomic E-state index is 0.131. The molecule has 0 unspecified atom stereocenters. The number of hydrogen-bond acceptors (Lipinski definition) is 5. The summed E-state index contributed by atoms with van der Waals surface area (Å²) in [6.07, 6.45) is 0. The van der Waals surface area contributed by atoms with Crippen LogP contribution in [0.1, 0.15) is 11.1 Å². The SMILES string of the molecule is COc1cc(C)cc(-n2c3ccccc3c3ccc(Oc4cc(C)c5cccc(O)c5n4)cc32)n1. The lowest BCUT2D eigenvalue weighted by Gasteiger charge is -2.11. The first-order valence-electron chi connectivity index (χ1n) is 11.4. The third kappa shape index (κ3) is 3.51. The molecule has 6 heteroatoms. The molecular weight excluding hydrogens is 438 g/mol. The average molecular weight is 462 g/mol. The van der Waals surface area contributed by atoms with Gasteiger partial charge < -0.3 is 14.6 Å². The summed E-state index contributed by atoms with van der Waals surface area (Å²) < 4.78 is 13.8. The minimum absolute atomic E-state index is 0.131. The molecule has 0 spiro atoms. The predicted octanol–water partition coefficient (Wildman–Crippen LogP) is 6.85. The number of aryl methyl sites for hydroxylation is 2. The number of phenols is 1. The Kier molecular flexibility index (Phi) is 4.81. The number of para-hydroxylation sites is 2. The smallest absolute Gasteiger partial charge is 0.220 e. The van der Waals surface area contributed by atoms with E-state index in [4.69, 9.17) is 14.5 Å². The monoisotopic (exact) mass is 461 g/mol. The number of phenolic OH excluding ortho intramolecular Hbond substituents is 1. The van der Waals surface area contributed by atoms with E-state index in [0.717, 1.165) is 44.1 Å². The second kappa shape index (κ2) is 8.02. The van der Waals surface area contributed by atoms with Gasteiger partial charge in [-0.15, -0.1) is 0 Å². The lowest BCUT2D eigenvalue weighted by atomic mass is 10.1. The second-order valence-corrected chi connectivity index (χ2v) is 8.63. The van der Waals surface area contributed by atoms with Crippen molar-refractivity contribution in [2.45, 2.75) is 13.8 Å². The predicted molar refractivity (Wildman–Crippen MR) is 138 cm³/mol. The maximum absolute atomic E-state index is 10.3. The molecule has 0 aliphatic rings. The standard InChI is InChI=1S/C29H23N3O3/c1-17-13-26(30-27(14-17)34-3)32-23-9-5-4-7-21(23)22-12-11-19(16-24(22)32)35-28-15-18(2)20-8-6-10-25(33)29(20)31-28/h4-16,33H,1-3H3. The van der Waals surface area contributed by atoms with Gasteiger partial charge in [0.25, 0.3) is 0 Å². The molecule has 1 N–H and O–H groups in total. The summed E-state index contributed by atoms with van der Waals surface area (Å²) >= 11 is 0. The van der Waals surface area contributed by atoms with Crippen LogP contribution in [0.5, 0.6) is 23.3 Å². The van der Waals surface area contributed by atoms with Crippen LogP contribution >= 0.6 is 0 Å². The summed E-state index contributed by atoms with van der Waals surface area (Å²) in [6, 6.07) is 25.5. The number of aromatic nitrogens is 3. The zero-order chi connectivity index (χ0) is 24.1. The molecule has 6 aromatic rings. The van der Waals surface area contributed by atoms with Crippen LogP contribution in [0.15, 0.2) is 78.9 Å². The molecule has 0 saturated heterocycles. The largest absolute Gasteiger partial charge is 0.506 e. The molecule has 3 heterocycles. The van der Waals surface area contributed by atoms with Gasteiger partial charge in [0.1, 0.15) is 22.8 Å². The molecule has 0 aliphatic carbocycles. The molecule has 0 bridgehead atoms. The highest BCUT2D eigenvalue weighted by atomic mass is 16.5. The van der Waals surface area contributed by atoms with Gasteiger partial charge in [-0.05, 0) is 55.3 Å². The fraction of sp³-hybridized carbons (Fsp3) is 0.103. The number of rotatable bonds is 4. The summed E-state index contributed by atoms with van der Waals surface area (Å²) in [5, 5.41) is 13.4. The van der Waals surface area contributed by atoms with E-state index in [9.17, 15) is 5.11 Å². The topological polar surface area (TPSA) is 69.4 Å². The second-order valence-electron chi connectivity index (χ2n) is 8.63. The van der Waals surface area contributed by atoms with Crippen LogP contribution in [0.2, 0.25) is 0 Å². The number of fused-ring (bicyclic) bond motifs is 4. The first kappa shape index (κ1) is 21.0. The van der Waals surface area contributed by atoms with E-state index in [0.29, 0.717) is 23.0 Å². The Balaban J connectivity index is 1.54. The highest BCUT2D eigenvalue weighted by Crippen LogP contribution is 2.36. The van der Waals surface area contributed by atoms with Crippen LogP contribution in [0.3, 0.4) is 0 Å². The van der Waals surface area contributed by atoms with E-state index >= 15 is 0 Å². The highest BCUT2D eigenvalue weighted by molar-refractivity contribution is 6.09. The molecule has 3 aromatic carbocycles. The van der Waals surface area contributed by atoms with Crippen LogP contribution in [0, 0.1) is 13.8 Å². The van der Waals surface area contributed by atoms with Gasteiger partial charge in [0.15, 0.2) is 0 Å². The Morgan fingerprint density at radius 2 is 1.54 bits per heavy atom. The quantitative estimate of drug-likeness (QED) is 0.311. The van der Waals surface area contributed by atoms with Crippen LogP contribution in [-0.4, -0.2) is 26.8 Å². The summed E-state index contributed by atoms with van der Waals surface area (Å²) in [4.78, 5) is 9.28. The van der Waals surface area contributed by atoms with Crippen molar-refractivity contribution in [1.29, 1.82) is 0 Å². The van der Waals surface area contributed by atoms with Gasteiger partial charge in [-0.2, -0.15) is 4.98 Å². The van der Waals surface area contributed by atoms with E-state index < -0.39 is 0 Å². The zero-order valence-corrected chi connectivity index (χ0v) is 19.6. The molecule has 6 nitrogen and oxygen atoms in total. The number of benzene rings is 3. The Morgan fingerprint density at radius 3 is 2.40 bits per heavy atom. The van der Waals surface area contributed by atoms with Gasteiger partial charge in [-0.1, -0.05) is 30.3 Å². The fourth-order valence-corrected chi connectivity index (χ4v) is 4.64. The number of nitrogens with zero attached hydrogens (tertiary/aromatic N) is 3. The molecule has 0 amide bonds. The first-order chi connectivity index (χ1) is 17.0. The van der Waals surface area contributed by atoms with E-state index in [-0.39, 0.29) is 5.75 Å². The van der Waals surface area contributed by atoms with Crippen LogP contribution in [0.25, 0.3) is 38.5 Å². The highest BCUT2D eigenvalue weighted by Gasteiger charge is 2.16. The number of aromatic hydroxyl groups is 1. The number of methoxy groups -OCH3 is 1. The first-order valence-corrected chi connectivity index (χ1v) is 11.4. The van der Waals surface area contributed by atoms with Gasteiger partial charge >= 0.3 is 0 Å². The molecule has 0 radical (unpaired) electrons. The number of pyridine rings is 2. The molecule has 0 fully saturated rings. The Morgan fingerprint density at radius 1 is 0.743 bits per heavy atom. The summed E-state index contributed by atoms with van der Waals surface area (Å²) in [5.41, 5.74) is 4.57. The Labute approximate surface area is 202 Å². The molecule has 35 heavy (non-hydrogen) atoms. The van der Waals surface area contributed by atoms with Crippen molar-refractivity contribution in [2.75, 3.05) is 7.11 Å². The van der Waals surface area contributed by atoms with Crippen molar-refractivity contribution < 1.29 is 14.6 Å². The lowest BCUT2D eigenvalue weighted by molar-refractivity contribution is 0.397. The van der Waals surface area contributed by atoms with E-state index in [2.05, 4.69) is 27.8 Å². The molecule has 0 saturated carbocycles. The summed E-state index contributed by atoms with van der Waals surface area (Å²) in [6.45, 7) is 4.01. The van der Waals surface area contributed by atoms with Crippen molar-refractivity contribution >= 4 is 32.7 Å². The van der Waals surface area contributed by atoms with Crippen LogP contribution in [-0.2, 0) is 0 Å². The molecule has 0 atom stereocenters. The third-order valence-electron chi connectivity index (χ3n) is 6.24. The molecule has 3 aromatic heterocycles. The fourth-order valence-electron chi connectivity index (χ4n) is 4.64. The summed E-state index contributed by atoms with van der Waals surface area (Å²) in [7, 11) is 1.62. The number of hydrogen-bond donors (Lipinski definition) is 1. The van der Waals surface area contributed by atoms with Crippen molar-refractivity contribution in [2.24, 2.45) is 0 Å². The zero-order valence-electron chi connectivity index (χ0n) is 19.6. The van der Waals surface area contributed by atoms with Crippen molar-refractivity contribution in [1.82, 2.24) is 14.5 Å². The van der Waals surface area contributed by atoms with Gasteiger partial charge in [0, 0.05) is 34.4 Å². The van der Waals surface area contributed by atoms with Crippen molar-refractivity contribution in [3.05, 3.63) is 90.0 Å². The van der Waals surface area contributed by atoms with Crippen LogP contribution < -0.4 is 9.47 Å². The minimum Gasteiger partial charge on any atom is -0.506 e.